The van der Waals surface area contributed by atoms with Gasteiger partial charge in [0.25, 0.3) is 0 Å². The molecule has 0 saturated heterocycles. The topological polar surface area (TPSA) is 30.0 Å². The number of hydrogen-bond donors (Lipinski definition) is 0. The zero-order valence-corrected chi connectivity index (χ0v) is 5.94. The molecule has 2 nitrogen and oxygen atoms in total. The van der Waals surface area contributed by atoms with Crippen molar-refractivity contribution in [3.05, 3.63) is 16.6 Å². The van der Waals surface area contributed by atoms with E-state index in [-0.39, 0.29) is 5.78 Å². The van der Waals surface area contributed by atoms with Gasteiger partial charge in [-0.3, -0.25) is 4.79 Å². The number of thiazole rings is 1. The second-order valence-corrected chi connectivity index (χ2v) is 2.78. The van der Waals surface area contributed by atoms with Crippen molar-refractivity contribution < 1.29 is 4.79 Å². The lowest BCUT2D eigenvalue weighted by Crippen LogP contribution is -1.94. The van der Waals surface area contributed by atoms with Crippen LogP contribution in [0.5, 0.6) is 0 Å². The molecule has 1 heterocycles. The van der Waals surface area contributed by atoms with Crippen molar-refractivity contribution in [2.24, 2.45) is 0 Å². The van der Waals surface area contributed by atoms with Gasteiger partial charge in [-0.05, 0) is 6.92 Å². The van der Waals surface area contributed by atoms with Crippen LogP contribution in [0.3, 0.4) is 0 Å². The zero-order valence-electron chi connectivity index (χ0n) is 5.13. The van der Waals surface area contributed by atoms with Crippen molar-refractivity contribution in [1.29, 1.82) is 0 Å². The fourth-order valence-corrected chi connectivity index (χ4v) is 1.24. The van der Waals surface area contributed by atoms with Gasteiger partial charge in [0.15, 0.2) is 0 Å². The third-order valence-electron chi connectivity index (χ3n) is 0.884. The average Bonchev–Trinajstić information content (AvgIpc) is 2.15. The summed E-state index contributed by atoms with van der Waals surface area (Å²) < 4.78 is 0. The number of Topliss-reactive ketones (excluding diaryl/α,β-unsaturated/α-hetero) is 1. The molecular formula is C6H7NOS. The van der Waals surface area contributed by atoms with Gasteiger partial charge in [0.2, 0.25) is 0 Å². The number of rotatable bonds is 2. The average molecular weight is 141 g/mol. The molecule has 1 aromatic heterocycles. The van der Waals surface area contributed by atoms with Crippen LogP contribution in [-0.4, -0.2) is 10.8 Å². The van der Waals surface area contributed by atoms with Crippen LogP contribution in [0.4, 0.5) is 0 Å². The van der Waals surface area contributed by atoms with Crippen LogP contribution in [-0.2, 0) is 11.2 Å². The first-order chi connectivity index (χ1) is 4.29. The molecule has 0 saturated carbocycles. The van der Waals surface area contributed by atoms with Crippen molar-refractivity contribution in [3.8, 4) is 0 Å². The maximum atomic E-state index is 10.5. The van der Waals surface area contributed by atoms with E-state index in [4.69, 9.17) is 0 Å². The predicted molar refractivity (Wildman–Crippen MR) is 36.5 cm³/mol. The minimum Gasteiger partial charge on any atom is -0.300 e. The summed E-state index contributed by atoms with van der Waals surface area (Å²) in [4.78, 5) is 14.4. The molecular weight excluding hydrogens is 134 g/mol. The number of hydrogen-bond acceptors (Lipinski definition) is 3. The fraction of sp³-hybridized carbons (Fsp3) is 0.333. The highest BCUT2D eigenvalue weighted by molar-refractivity contribution is 7.09. The highest BCUT2D eigenvalue weighted by atomic mass is 32.1. The Kier molecular flexibility index (Phi) is 1.95. The molecule has 0 aliphatic carbocycles. The third-order valence-corrected chi connectivity index (χ3v) is 1.66. The Hall–Kier alpha value is -0.700. The number of nitrogens with zero attached hydrogens (tertiary/aromatic N) is 1. The molecule has 0 bridgehead atoms. The van der Waals surface area contributed by atoms with Gasteiger partial charge >= 0.3 is 0 Å². The number of carbonyl (C=O) groups is 1. The molecule has 0 amide bonds. The first kappa shape index (κ1) is 6.42. The van der Waals surface area contributed by atoms with E-state index >= 15 is 0 Å². The number of carbonyl (C=O) groups excluding carboxylic acids is 1. The molecule has 0 aliphatic heterocycles. The SMILES string of the molecule is CC(=O)Cc1nccs1. The molecule has 1 rings (SSSR count). The summed E-state index contributed by atoms with van der Waals surface area (Å²) in [5.41, 5.74) is 0. The van der Waals surface area contributed by atoms with Crippen molar-refractivity contribution in [2.75, 3.05) is 0 Å². The van der Waals surface area contributed by atoms with Crippen LogP contribution >= 0.6 is 11.3 Å². The molecule has 0 spiro atoms. The minimum atomic E-state index is 0.171. The molecule has 0 aliphatic rings. The molecule has 0 radical (unpaired) electrons. The van der Waals surface area contributed by atoms with Crippen LogP contribution in [0.1, 0.15) is 11.9 Å². The van der Waals surface area contributed by atoms with Crippen LogP contribution < -0.4 is 0 Å². The maximum Gasteiger partial charge on any atom is 0.136 e. The lowest BCUT2D eigenvalue weighted by Gasteiger charge is -1.84. The summed E-state index contributed by atoms with van der Waals surface area (Å²) in [6.07, 6.45) is 2.20. The van der Waals surface area contributed by atoms with Gasteiger partial charge in [-0.2, -0.15) is 0 Å². The van der Waals surface area contributed by atoms with Gasteiger partial charge in [-0.15, -0.1) is 11.3 Å². The van der Waals surface area contributed by atoms with Gasteiger partial charge in [0, 0.05) is 11.6 Å². The first-order valence-corrected chi connectivity index (χ1v) is 3.55. The van der Waals surface area contributed by atoms with Gasteiger partial charge in [-0.1, -0.05) is 0 Å². The van der Waals surface area contributed by atoms with E-state index in [1.807, 2.05) is 5.38 Å². The Balaban J connectivity index is 2.58. The van der Waals surface area contributed by atoms with Gasteiger partial charge < -0.3 is 0 Å². The summed E-state index contributed by atoms with van der Waals surface area (Å²) in [5, 5.41) is 2.78. The van der Waals surface area contributed by atoms with E-state index in [2.05, 4.69) is 4.98 Å². The zero-order chi connectivity index (χ0) is 6.69. The van der Waals surface area contributed by atoms with E-state index in [9.17, 15) is 4.79 Å². The van der Waals surface area contributed by atoms with E-state index in [1.54, 1.807) is 13.1 Å². The second-order valence-electron chi connectivity index (χ2n) is 1.80. The minimum absolute atomic E-state index is 0.171. The molecule has 48 valence electrons. The molecule has 9 heavy (non-hydrogen) atoms. The number of aromatic nitrogens is 1. The molecule has 1 aromatic rings. The van der Waals surface area contributed by atoms with Crippen molar-refractivity contribution >= 4 is 17.1 Å². The second kappa shape index (κ2) is 2.73. The summed E-state index contributed by atoms with van der Waals surface area (Å²) in [6, 6.07) is 0. The van der Waals surface area contributed by atoms with Crippen LogP contribution in [0.25, 0.3) is 0 Å². The molecule has 0 N–H and O–H groups in total. The molecule has 0 fully saturated rings. The highest BCUT2D eigenvalue weighted by Crippen LogP contribution is 2.03. The van der Waals surface area contributed by atoms with Crippen LogP contribution in [0.2, 0.25) is 0 Å². The quantitative estimate of drug-likeness (QED) is 0.621. The first-order valence-electron chi connectivity index (χ1n) is 2.67. The lowest BCUT2D eigenvalue weighted by atomic mass is 10.3. The summed E-state index contributed by atoms with van der Waals surface area (Å²) >= 11 is 1.52. The predicted octanol–water partition coefficient (Wildman–Crippen LogP) is 1.27. The monoisotopic (exact) mass is 141 g/mol. The highest BCUT2D eigenvalue weighted by Gasteiger charge is 1.97. The van der Waals surface area contributed by atoms with Crippen molar-refractivity contribution in [3.63, 3.8) is 0 Å². The van der Waals surface area contributed by atoms with Crippen molar-refractivity contribution in [1.82, 2.24) is 4.98 Å². The van der Waals surface area contributed by atoms with Gasteiger partial charge in [0.1, 0.15) is 5.78 Å². The Morgan fingerprint density at radius 2 is 2.67 bits per heavy atom. The Labute approximate surface area is 57.5 Å². The smallest absolute Gasteiger partial charge is 0.136 e. The van der Waals surface area contributed by atoms with E-state index in [0.29, 0.717) is 6.42 Å². The van der Waals surface area contributed by atoms with Crippen molar-refractivity contribution in [2.45, 2.75) is 13.3 Å². The molecule has 0 atom stereocenters. The Bertz CT molecular complexity index is 193. The normalized spacial score (nSPS) is 9.44. The van der Waals surface area contributed by atoms with Crippen LogP contribution in [0.15, 0.2) is 11.6 Å². The van der Waals surface area contributed by atoms with Gasteiger partial charge in [-0.25, -0.2) is 4.98 Å². The fourth-order valence-electron chi connectivity index (χ4n) is 0.553. The maximum absolute atomic E-state index is 10.5. The van der Waals surface area contributed by atoms with E-state index in [1.165, 1.54) is 11.3 Å². The largest absolute Gasteiger partial charge is 0.300 e. The van der Waals surface area contributed by atoms with E-state index in [0.717, 1.165) is 5.01 Å². The third kappa shape index (κ3) is 1.93. The summed E-state index contributed by atoms with van der Waals surface area (Å²) in [7, 11) is 0. The Morgan fingerprint density at radius 3 is 3.11 bits per heavy atom. The molecule has 3 heteroatoms. The standard InChI is InChI=1S/C6H7NOS/c1-5(8)4-6-7-2-3-9-6/h2-3H,4H2,1H3. The summed E-state index contributed by atoms with van der Waals surface area (Å²) in [5.74, 6) is 0.171. The van der Waals surface area contributed by atoms with E-state index < -0.39 is 0 Å². The molecule has 0 unspecified atom stereocenters. The Morgan fingerprint density at radius 1 is 1.89 bits per heavy atom. The van der Waals surface area contributed by atoms with Gasteiger partial charge in [0.05, 0.1) is 11.4 Å². The number of ketones is 1. The summed E-state index contributed by atoms with van der Waals surface area (Å²) in [6.45, 7) is 1.57. The lowest BCUT2D eigenvalue weighted by molar-refractivity contribution is -0.116. The molecule has 0 aromatic carbocycles. The van der Waals surface area contributed by atoms with Crippen LogP contribution in [0, 0.1) is 0 Å².